The monoisotopic (exact) mass is 834 g/mol. The lowest BCUT2D eigenvalue weighted by Crippen LogP contribution is -2.72. The first kappa shape index (κ1) is 46.3. The number of ether oxygens (including phenoxy) is 4. The summed E-state index contributed by atoms with van der Waals surface area (Å²) in [5.74, 6) is -7.61. The van der Waals surface area contributed by atoms with Crippen LogP contribution < -0.4 is 0 Å². The molecule has 0 heterocycles. The number of alkyl halides is 26. The van der Waals surface area contributed by atoms with Gasteiger partial charge >= 0.3 is 84.6 Å². The van der Waals surface area contributed by atoms with Gasteiger partial charge in [-0.1, -0.05) is 12.1 Å². The molecule has 0 aliphatic heterocycles. The number of halogens is 26. The third kappa shape index (κ3) is 7.94. The van der Waals surface area contributed by atoms with Crippen molar-refractivity contribution in [1.82, 2.24) is 0 Å². The molecule has 6 nitrogen and oxygen atoms in total. The molecular formula is C20H4F26O6. The molecule has 2 unspecified atom stereocenters. The van der Waals surface area contributed by atoms with Gasteiger partial charge in [0, 0.05) is 0 Å². The Hall–Kier alpha value is -3.74. The highest BCUT2D eigenvalue weighted by Gasteiger charge is 2.91. The fourth-order valence-electron chi connectivity index (χ4n) is 3.17. The van der Waals surface area contributed by atoms with Gasteiger partial charge in [-0.05, 0) is 12.1 Å². The molecule has 52 heavy (non-hydrogen) atoms. The lowest BCUT2D eigenvalue weighted by Gasteiger charge is -2.41. The zero-order chi connectivity index (χ0) is 42.0. The second kappa shape index (κ2) is 13.0. The van der Waals surface area contributed by atoms with E-state index in [1.165, 1.54) is 0 Å². The van der Waals surface area contributed by atoms with Gasteiger partial charge in [0.2, 0.25) is 0 Å². The Labute approximate surface area is 264 Å². The third-order valence-corrected chi connectivity index (χ3v) is 5.46. The summed E-state index contributed by atoms with van der Waals surface area (Å²) in [5.41, 5.74) is -22.0. The van der Waals surface area contributed by atoms with Crippen molar-refractivity contribution in [3.63, 3.8) is 0 Å². The Bertz CT molecular complexity index is 1270. The van der Waals surface area contributed by atoms with Crippen molar-refractivity contribution in [2.45, 2.75) is 72.7 Å². The second-order valence-corrected chi connectivity index (χ2v) is 8.95. The summed E-state index contributed by atoms with van der Waals surface area (Å²) in [6, 6.07) is -16.4. The predicted molar refractivity (Wildman–Crippen MR) is 101 cm³/mol. The van der Waals surface area contributed by atoms with Crippen molar-refractivity contribution < 1.29 is 143 Å². The number of esters is 2. The maximum absolute atomic E-state index is 14.6. The number of carbonyl (C=O) groups excluding carboxylic acids is 2. The van der Waals surface area contributed by atoms with Crippen molar-refractivity contribution in [2.24, 2.45) is 0 Å². The van der Waals surface area contributed by atoms with E-state index in [1.54, 1.807) is 9.47 Å². The molecule has 0 aliphatic carbocycles. The van der Waals surface area contributed by atoms with Crippen LogP contribution in [0.4, 0.5) is 114 Å². The molecule has 1 aromatic carbocycles. The predicted octanol–water partition coefficient (Wildman–Crippen LogP) is 9.26. The lowest BCUT2D eigenvalue weighted by atomic mass is 10.0. The molecule has 0 bridgehead atoms. The van der Waals surface area contributed by atoms with Gasteiger partial charge in [-0.15, -0.1) is 0 Å². The fourth-order valence-corrected chi connectivity index (χ4v) is 3.17. The SMILES string of the molecule is O=C(OC(F)(OC(C(F)(F)F)(C(F)(F)F)C(F)(F)F)C(F)(F)F)c1ccccc1C(=O)OC(F)(OC(C(F)(F)F)(C(F)(F)F)C(F)(F)F)C(F)(F)F. The van der Waals surface area contributed by atoms with Gasteiger partial charge in [-0.2, -0.15) is 114 Å². The Balaban J connectivity index is 3.97. The molecule has 1 rings (SSSR count). The van der Waals surface area contributed by atoms with Crippen molar-refractivity contribution in [2.75, 3.05) is 0 Å². The van der Waals surface area contributed by atoms with Gasteiger partial charge in [0.15, 0.2) is 0 Å². The average molecular weight is 834 g/mol. The number of carbonyl (C=O) groups is 2. The highest BCUT2D eigenvalue weighted by atomic mass is 19.5. The highest BCUT2D eigenvalue weighted by molar-refractivity contribution is 6.03. The minimum absolute atomic E-state index is 0.0259. The second-order valence-electron chi connectivity index (χ2n) is 8.95. The molecule has 32 heteroatoms. The van der Waals surface area contributed by atoms with Crippen molar-refractivity contribution in [3.05, 3.63) is 35.4 Å². The van der Waals surface area contributed by atoms with Crippen LogP contribution in [0, 0.1) is 0 Å². The van der Waals surface area contributed by atoms with Crippen LogP contribution in [0.3, 0.4) is 0 Å². The Kier molecular flexibility index (Phi) is 11.6. The van der Waals surface area contributed by atoms with Crippen molar-refractivity contribution in [1.29, 1.82) is 0 Å². The summed E-state index contributed by atoms with van der Waals surface area (Å²) in [4.78, 5) is 24.3. The maximum atomic E-state index is 14.6. The summed E-state index contributed by atoms with van der Waals surface area (Å²) < 4.78 is 352. The minimum Gasteiger partial charge on any atom is -0.393 e. The van der Waals surface area contributed by atoms with Crippen molar-refractivity contribution in [3.8, 4) is 0 Å². The molecule has 0 fully saturated rings. The van der Waals surface area contributed by atoms with Gasteiger partial charge in [0.25, 0.3) is 0 Å². The lowest BCUT2D eigenvalue weighted by molar-refractivity contribution is -0.538. The number of rotatable bonds is 8. The molecule has 0 saturated carbocycles. The molecular weight excluding hydrogens is 830 g/mol. The zero-order valence-electron chi connectivity index (χ0n) is 22.6. The van der Waals surface area contributed by atoms with Gasteiger partial charge in [-0.3, -0.25) is 9.47 Å². The largest absolute Gasteiger partial charge is 0.491 e. The number of benzene rings is 1. The van der Waals surface area contributed by atoms with Gasteiger partial charge in [0.05, 0.1) is 11.1 Å². The maximum Gasteiger partial charge on any atom is 0.491 e. The summed E-state index contributed by atoms with van der Waals surface area (Å²) in [6.07, 6.45) is -65.1. The number of hydrogen-bond donors (Lipinski definition) is 0. The first-order valence-corrected chi connectivity index (χ1v) is 11.3. The quantitative estimate of drug-likeness (QED) is 0.148. The van der Waals surface area contributed by atoms with E-state index in [2.05, 4.69) is 9.47 Å². The zero-order valence-corrected chi connectivity index (χ0v) is 22.6. The molecule has 0 aromatic heterocycles. The van der Waals surface area contributed by atoms with E-state index in [1.807, 2.05) is 0 Å². The van der Waals surface area contributed by atoms with E-state index in [9.17, 15) is 124 Å². The smallest absolute Gasteiger partial charge is 0.393 e. The van der Waals surface area contributed by atoms with Crippen LogP contribution in [-0.4, -0.2) is 84.6 Å². The van der Waals surface area contributed by atoms with E-state index in [-0.39, 0.29) is 12.1 Å². The minimum atomic E-state index is -8.31. The van der Waals surface area contributed by atoms with E-state index in [0.717, 1.165) is 0 Å². The van der Waals surface area contributed by atoms with E-state index in [0.29, 0.717) is 0 Å². The molecule has 0 spiro atoms. The van der Waals surface area contributed by atoms with Crippen LogP contribution in [0.5, 0.6) is 0 Å². The third-order valence-electron chi connectivity index (χ3n) is 5.46. The molecule has 1 aromatic rings. The molecule has 0 amide bonds. The van der Waals surface area contributed by atoms with Gasteiger partial charge in [0.1, 0.15) is 0 Å². The van der Waals surface area contributed by atoms with Crippen LogP contribution >= 0.6 is 0 Å². The Morgan fingerprint density at radius 2 is 0.538 bits per heavy atom. The molecule has 0 radical (unpaired) electrons. The summed E-state index contributed by atoms with van der Waals surface area (Å²) >= 11 is 0. The number of hydrogen-bond acceptors (Lipinski definition) is 6. The van der Waals surface area contributed by atoms with Crippen LogP contribution in [0.15, 0.2) is 24.3 Å². The molecule has 0 saturated heterocycles. The van der Waals surface area contributed by atoms with Crippen LogP contribution in [-0.2, 0) is 18.9 Å². The van der Waals surface area contributed by atoms with Crippen LogP contribution in [0.2, 0.25) is 0 Å². The van der Waals surface area contributed by atoms with Crippen LogP contribution in [0.1, 0.15) is 20.7 Å². The topological polar surface area (TPSA) is 71.1 Å². The van der Waals surface area contributed by atoms with Crippen molar-refractivity contribution >= 4 is 11.9 Å². The molecule has 0 N–H and O–H groups in total. The molecule has 2 atom stereocenters. The van der Waals surface area contributed by atoms with E-state index < -0.39 is 108 Å². The Morgan fingerprint density at radius 3 is 0.692 bits per heavy atom. The summed E-state index contributed by atoms with van der Waals surface area (Å²) in [5, 5.41) is 0. The van der Waals surface area contributed by atoms with Crippen LogP contribution in [0.25, 0.3) is 0 Å². The molecule has 302 valence electrons. The van der Waals surface area contributed by atoms with E-state index in [4.69, 9.17) is 0 Å². The fraction of sp³-hybridized carbons (Fsp3) is 0.600. The van der Waals surface area contributed by atoms with Gasteiger partial charge in [-0.25, -0.2) is 9.59 Å². The normalized spacial score (nSPS) is 17.3. The molecule has 0 aliphatic rings. The summed E-state index contributed by atoms with van der Waals surface area (Å²) in [7, 11) is 0. The average Bonchev–Trinajstić information content (AvgIpc) is 2.84. The standard InChI is InChI=1S/C20H4F26O6/c21-11(22,23)9(12(24,25)26,13(27,28)29)51-19(45,17(39,40)41)49-7(47)5-3-1-2-4-6(5)8(48)50-20(46,18(42,43)44)52-10(14(30,31)32,15(33,34)35)16(36,37)38/h1-4H. The highest BCUT2D eigenvalue weighted by Crippen LogP contribution is 2.60. The first-order valence-electron chi connectivity index (χ1n) is 11.3. The first-order chi connectivity index (χ1) is 22.4. The Morgan fingerprint density at radius 1 is 0.346 bits per heavy atom. The summed E-state index contributed by atoms with van der Waals surface area (Å²) in [6.45, 7) is 0. The van der Waals surface area contributed by atoms with Gasteiger partial charge < -0.3 is 9.47 Å². The van der Waals surface area contributed by atoms with E-state index >= 15 is 0 Å².